The fourth-order valence-electron chi connectivity index (χ4n) is 4.84. The number of hydroxylamine groups is 3. The van der Waals surface area contributed by atoms with Crippen molar-refractivity contribution in [3.8, 4) is 0 Å². The van der Waals surface area contributed by atoms with Crippen LogP contribution in [0.1, 0.15) is 45.2 Å². The van der Waals surface area contributed by atoms with Crippen molar-refractivity contribution in [2.45, 2.75) is 37.7 Å². The molecule has 1 amide bonds. The van der Waals surface area contributed by atoms with Gasteiger partial charge in [-0.2, -0.15) is 22.8 Å². The number of ether oxygens (including phenoxy) is 1. The van der Waals surface area contributed by atoms with Gasteiger partial charge in [0.25, 0.3) is 5.60 Å². The standard InChI is InChI=1S/C26H21Cl2F3N2O5/c1-15-9-16(6-7-21(15)23(34)35)22-13-25(26(29,30)31,17-10-18(27)12-19(28)11-17)38-33(22,24(36)37-2)14-20-5-3-4-8-32-20/h3-12,22H,13-14H2,1-2H3/p+1. The van der Waals surface area contributed by atoms with Crippen molar-refractivity contribution in [3.63, 3.8) is 0 Å². The minimum atomic E-state index is -5.03. The van der Waals surface area contributed by atoms with E-state index in [1.807, 2.05) is 0 Å². The van der Waals surface area contributed by atoms with E-state index in [2.05, 4.69) is 4.98 Å². The predicted octanol–water partition coefficient (Wildman–Crippen LogP) is 7.01. The number of carbonyl (C=O) groups is 2. The number of aryl methyl sites for hydroxylation is 1. The van der Waals surface area contributed by atoms with Crippen molar-refractivity contribution in [3.05, 3.63) is 98.8 Å². The van der Waals surface area contributed by atoms with Gasteiger partial charge in [-0.25, -0.2) is 4.79 Å². The maximum Gasteiger partial charge on any atom is 0.550 e. The number of nitrogens with zero attached hydrogens (tertiary/aromatic N) is 2. The number of carboxylic acids is 1. The highest BCUT2D eigenvalue weighted by Crippen LogP contribution is 2.59. The molecule has 0 aliphatic carbocycles. The van der Waals surface area contributed by atoms with Crippen molar-refractivity contribution >= 4 is 35.3 Å². The van der Waals surface area contributed by atoms with Crippen molar-refractivity contribution in [2.75, 3.05) is 7.11 Å². The maximum atomic E-state index is 15.1. The van der Waals surface area contributed by atoms with Crippen LogP contribution in [0.25, 0.3) is 0 Å². The number of aromatic carboxylic acids is 1. The van der Waals surface area contributed by atoms with Gasteiger partial charge in [-0.1, -0.05) is 40.0 Å². The minimum Gasteiger partial charge on any atom is -0.478 e. The average molecular weight is 570 g/mol. The molecule has 3 unspecified atom stereocenters. The number of carboxylic acid groups (broad SMARTS) is 1. The van der Waals surface area contributed by atoms with Crippen molar-refractivity contribution < 1.29 is 42.1 Å². The normalized spacial score (nSPS) is 23.3. The van der Waals surface area contributed by atoms with Gasteiger partial charge >= 0.3 is 18.2 Å². The fourth-order valence-corrected chi connectivity index (χ4v) is 5.36. The Bertz CT molecular complexity index is 1370. The van der Waals surface area contributed by atoms with Gasteiger partial charge in [0, 0.05) is 27.4 Å². The number of quaternary nitrogens is 1. The Labute approximate surface area is 225 Å². The molecule has 1 aliphatic heterocycles. The Morgan fingerprint density at radius 2 is 1.84 bits per heavy atom. The Kier molecular flexibility index (Phi) is 7.46. The highest BCUT2D eigenvalue weighted by molar-refractivity contribution is 6.34. The first-order valence-electron chi connectivity index (χ1n) is 11.3. The number of carbonyl (C=O) groups excluding carboxylic acids is 1. The minimum absolute atomic E-state index is 0.0303. The lowest BCUT2D eigenvalue weighted by molar-refractivity contribution is -1.07. The lowest BCUT2D eigenvalue weighted by atomic mass is 9.84. The monoisotopic (exact) mass is 569 g/mol. The third-order valence-electron chi connectivity index (χ3n) is 6.56. The van der Waals surface area contributed by atoms with Crippen LogP contribution in [0.4, 0.5) is 18.0 Å². The molecule has 12 heteroatoms. The number of halogens is 5. The Morgan fingerprint density at radius 3 is 2.37 bits per heavy atom. The number of alkyl halides is 3. The number of benzene rings is 2. The molecular formula is C26H22Cl2F3N2O5+. The molecule has 38 heavy (non-hydrogen) atoms. The lowest BCUT2D eigenvalue weighted by Crippen LogP contribution is -2.53. The van der Waals surface area contributed by atoms with Crippen molar-refractivity contribution in [1.82, 2.24) is 4.98 Å². The van der Waals surface area contributed by atoms with E-state index in [4.69, 9.17) is 32.8 Å². The van der Waals surface area contributed by atoms with Gasteiger partial charge in [-0.15, -0.1) is 0 Å². The summed E-state index contributed by atoms with van der Waals surface area (Å²) in [5.41, 5.74) is -2.65. The maximum absolute atomic E-state index is 15.1. The summed E-state index contributed by atoms with van der Waals surface area (Å²) in [5, 5.41) is 9.35. The molecular weight excluding hydrogens is 548 g/mol. The third-order valence-corrected chi connectivity index (χ3v) is 7.00. The van der Waals surface area contributed by atoms with E-state index in [0.717, 1.165) is 19.2 Å². The first-order valence-corrected chi connectivity index (χ1v) is 12.0. The Balaban J connectivity index is 2.01. The van der Waals surface area contributed by atoms with E-state index < -0.39 is 53.1 Å². The van der Waals surface area contributed by atoms with Crippen LogP contribution in [0.3, 0.4) is 0 Å². The van der Waals surface area contributed by atoms with Gasteiger partial charge in [-0.05, 0) is 55.0 Å². The molecule has 0 saturated carbocycles. The molecule has 0 radical (unpaired) electrons. The second-order valence-corrected chi connectivity index (χ2v) is 9.79. The average Bonchev–Trinajstić information content (AvgIpc) is 3.21. The number of rotatable bonds is 5. The number of hydrogen-bond donors (Lipinski definition) is 1. The zero-order valence-corrected chi connectivity index (χ0v) is 21.6. The second kappa shape index (κ2) is 10.2. The topological polar surface area (TPSA) is 85.7 Å². The molecule has 2 heterocycles. The quantitative estimate of drug-likeness (QED) is 0.332. The highest BCUT2D eigenvalue weighted by Gasteiger charge is 2.74. The molecule has 3 atom stereocenters. The molecule has 0 bridgehead atoms. The van der Waals surface area contributed by atoms with Gasteiger partial charge in [0.2, 0.25) is 0 Å². The number of pyridine rings is 1. The third kappa shape index (κ3) is 4.84. The van der Waals surface area contributed by atoms with Crippen molar-refractivity contribution in [1.29, 1.82) is 0 Å². The molecule has 0 spiro atoms. The summed E-state index contributed by atoms with van der Waals surface area (Å²) in [6.07, 6.45) is -5.46. The van der Waals surface area contributed by atoms with Gasteiger partial charge in [-0.3, -0.25) is 4.98 Å². The molecule has 7 nitrogen and oxygen atoms in total. The summed E-state index contributed by atoms with van der Waals surface area (Å²) < 4.78 is 49.0. The fraction of sp³-hybridized carbons (Fsp3) is 0.269. The summed E-state index contributed by atoms with van der Waals surface area (Å²) in [4.78, 5) is 35.1. The van der Waals surface area contributed by atoms with Gasteiger partial charge in [0.15, 0.2) is 12.6 Å². The van der Waals surface area contributed by atoms with Crippen LogP contribution in [0.15, 0.2) is 60.8 Å². The number of amides is 1. The summed E-state index contributed by atoms with van der Waals surface area (Å²) in [5.74, 6) is -1.20. The largest absolute Gasteiger partial charge is 0.550 e. The lowest BCUT2D eigenvalue weighted by Gasteiger charge is -2.34. The highest BCUT2D eigenvalue weighted by atomic mass is 35.5. The van der Waals surface area contributed by atoms with E-state index in [0.29, 0.717) is 5.56 Å². The first-order chi connectivity index (χ1) is 17.8. The van der Waals surface area contributed by atoms with E-state index in [-0.39, 0.29) is 26.9 Å². The molecule has 2 aromatic carbocycles. The molecule has 200 valence electrons. The summed E-state index contributed by atoms with van der Waals surface area (Å²) >= 11 is 12.2. The van der Waals surface area contributed by atoms with Crippen LogP contribution >= 0.6 is 23.2 Å². The zero-order chi connectivity index (χ0) is 27.9. The van der Waals surface area contributed by atoms with E-state index in [9.17, 15) is 14.7 Å². The summed E-state index contributed by atoms with van der Waals surface area (Å²) in [7, 11) is 1.05. The number of hydrogen-bond acceptors (Lipinski definition) is 5. The van der Waals surface area contributed by atoms with Crippen LogP contribution in [0.5, 0.6) is 0 Å². The molecule has 1 aliphatic rings. The molecule has 1 fully saturated rings. The molecule has 1 N–H and O–H groups in total. The SMILES string of the molecule is COC(=O)[N+]1(Cc2ccccn2)OC(c2cc(Cl)cc(Cl)c2)(C(F)(F)F)CC1c1ccc(C(=O)O)c(C)c1. The molecule has 1 aromatic heterocycles. The van der Waals surface area contributed by atoms with Gasteiger partial charge < -0.3 is 9.84 Å². The van der Waals surface area contributed by atoms with Crippen LogP contribution in [0, 0.1) is 6.92 Å². The van der Waals surface area contributed by atoms with Crippen LogP contribution in [-0.2, 0) is 21.7 Å². The van der Waals surface area contributed by atoms with E-state index in [1.165, 1.54) is 37.4 Å². The smallest absolute Gasteiger partial charge is 0.478 e. The Hall–Kier alpha value is -3.18. The number of methoxy groups -OCH3 is 1. The second-order valence-electron chi connectivity index (χ2n) is 8.92. The van der Waals surface area contributed by atoms with Crippen LogP contribution < -0.4 is 0 Å². The van der Waals surface area contributed by atoms with E-state index in [1.54, 1.807) is 18.2 Å². The molecule has 3 aromatic rings. The Morgan fingerprint density at radius 1 is 1.16 bits per heavy atom. The number of aromatic nitrogens is 1. The zero-order valence-electron chi connectivity index (χ0n) is 20.1. The van der Waals surface area contributed by atoms with Crippen LogP contribution in [0.2, 0.25) is 10.0 Å². The summed E-state index contributed by atoms with van der Waals surface area (Å²) in [6, 6.07) is 11.1. The predicted molar refractivity (Wildman–Crippen MR) is 131 cm³/mol. The van der Waals surface area contributed by atoms with E-state index >= 15 is 13.2 Å². The molecule has 4 rings (SSSR count). The van der Waals surface area contributed by atoms with Gasteiger partial charge in [0.05, 0.1) is 24.8 Å². The van der Waals surface area contributed by atoms with Crippen LogP contribution in [-0.4, -0.2) is 40.1 Å². The summed E-state index contributed by atoms with van der Waals surface area (Å²) in [6.45, 7) is 1.10. The molecule has 1 saturated heterocycles. The van der Waals surface area contributed by atoms with Crippen molar-refractivity contribution in [2.24, 2.45) is 0 Å². The van der Waals surface area contributed by atoms with Gasteiger partial charge in [0.1, 0.15) is 0 Å². The first kappa shape index (κ1) is 27.8.